The van der Waals surface area contributed by atoms with Gasteiger partial charge in [-0.1, -0.05) is 30.6 Å². The highest BCUT2D eigenvalue weighted by Crippen LogP contribution is 2.51. The molecule has 41 heavy (non-hydrogen) atoms. The Hall–Kier alpha value is -3.68. The van der Waals surface area contributed by atoms with Gasteiger partial charge in [-0.05, 0) is 55.4 Å². The molecule has 0 saturated heterocycles. The van der Waals surface area contributed by atoms with Crippen molar-refractivity contribution in [3.8, 4) is 0 Å². The number of H-pyrrole nitrogens is 1. The topological polar surface area (TPSA) is 148 Å². The standard InChI is InChI=1S/C26H29ClF3N7O4/c1-11(2)21-15(10-41-36-21)24(38)32-22(20(12-3-4-12)13-5-6-13)26(40)31-16-9-37(35-23(16)30)17(8-19(28)29)14-7-18(27)33-34-25(14)39/h7,9-13,17,19-20,22H,3-6,8H2,1-2H3,(H,31,40)(H,32,38)(H,34,39). The van der Waals surface area contributed by atoms with Crippen LogP contribution in [0.15, 0.2) is 27.8 Å². The SMILES string of the molecule is CC(C)c1nocc1C(=O)NC(C(=O)Nc1cn(C(CC(F)F)c2cc(Cl)n[nH]c2=O)nc1F)C(C1CC1)C1CC1. The van der Waals surface area contributed by atoms with Gasteiger partial charge in [0.25, 0.3) is 17.4 Å². The number of nitrogens with one attached hydrogen (secondary N) is 3. The second-order valence-corrected chi connectivity index (χ2v) is 11.3. The van der Waals surface area contributed by atoms with Crippen LogP contribution in [0, 0.1) is 23.7 Å². The van der Waals surface area contributed by atoms with Crippen LogP contribution in [0.4, 0.5) is 18.9 Å². The molecule has 0 bridgehead atoms. The summed E-state index contributed by atoms with van der Waals surface area (Å²) in [6, 6.07) is -1.30. The minimum Gasteiger partial charge on any atom is -0.364 e. The molecule has 2 atom stereocenters. The van der Waals surface area contributed by atoms with Gasteiger partial charge in [-0.25, -0.2) is 13.9 Å². The zero-order valence-corrected chi connectivity index (χ0v) is 23.0. The van der Waals surface area contributed by atoms with Gasteiger partial charge in [0.15, 0.2) is 0 Å². The molecule has 0 radical (unpaired) electrons. The van der Waals surface area contributed by atoms with Gasteiger partial charge in [-0.15, -0.1) is 5.10 Å². The fraction of sp³-hybridized carbons (Fsp3) is 0.538. The summed E-state index contributed by atoms with van der Waals surface area (Å²) in [7, 11) is 0. The van der Waals surface area contributed by atoms with Gasteiger partial charge in [0, 0.05) is 12.0 Å². The van der Waals surface area contributed by atoms with Crippen molar-refractivity contribution in [2.45, 2.75) is 70.4 Å². The van der Waals surface area contributed by atoms with Gasteiger partial charge >= 0.3 is 0 Å². The summed E-state index contributed by atoms with van der Waals surface area (Å²) in [4.78, 5) is 39.2. The fourth-order valence-electron chi connectivity index (χ4n) is 5.29. The lowest BCUT2D eigenvalue weighted by atomic mass is 9.88. The maximum Gasteiger partial charge on any atom is 0.269 e. The van der Waals surface area contributed by atoms with Crippen LogP contribution in [-0.2, 0) is 4.79 Å². The number of rotatable bonds is 12. The Morgan fingerprint density at radius 2 is 1.90 bits per heavy atom. The molecular formula is C26H29ClF3N7O4. The first-order valence-electron chi connectivity index (χ1n) is 13.4. The smallest absolute Gasteiger partial charge is 0.269 e. The molecule has 0 aliphatic heterocycles. The van der Waals surface area contributed by atoms with Crippen LogP contribution >= 0.6 is 11.6 Å². The molecule has 2 amide bonds. The van der Waals surface area contributed by atoms with E-state index in [-0.39, 0.29) is 45.6 Å². The summed E-state index contributed by atoms with van der Waals surface area (Å²) >= 11 is 5.85. The lowest BCUT2D eigenvalue weighted by molar-refractivity contribution is -0.119. The largest absolute Gasteiger partial charge is 0.364 e. The van der Waals surface area contributed by atoms with Crippen molar-refractivity contribution in [2.75, 3.05) is 5.32 Å². The Morgan fingerprint density at radius 3 is 2.51 bits per heavy atom. The molecule has 220 valence electrons. The van der Waals surface area contributed by atoms with Gasteiger partial charge in [-0.3, -0.25) is 19.1 Å². The zero-order chi connectivity index (χ0) is 29.4. The van der Waals surface area contributed by atoms with E-state index >= 15 is 4.39 Å². The maximum atomic E-state index is 15.0. The Kier molecular flexibility index (Phi) is 8.20. The van der Waals surface area contributed by atoms with E-state index < -0.39 is 48.3 Å². The van der Waals surface area contributed by atoms with E-state index in [1.54, 1.807) is 0 Å². The van der Waals surface area contributed by atoms with Gasteiger partial charge in [0.2, 0.25) is 12.3 Å². The molecule has 3 heterocycles. The molecule has 2 unspecified atom stereocenters. The minimum absolute atomic E-state index is 0.104. The number of halogens is 4. The molecule has 3 N–H and O–H groups in total. The predicted octanol–water partition coefficient (Wildman–Crippen LogP) is 4.29. The van der Waals surface area contributed by atoms with Gasteiger partial charge < -0.3 is 15.2 Å². The number of aromatic amines is 1. The first kappa shape index (κ1) is 28.8. The molecule has 2 fully saturated rings. The lowest BCUT2D eigenvalue weighted by Crippen LogP contribution is -2.50. The number of anilines is 1. The number of alkyl halides is 2. The van der Waals surface area contributed by atoms with Crippen molar-refractivity contribution in [3.05, 3.63) is 56.8 Å². The Balaban J connectivity index is 1.42. The van der Waals surface area contributed by atoms with Crippen molar-refractivity contribution in [3.63, 3.8) is 0 Å². The van der Waals surface area contributed by atoms with E-state index in [0.717, 1.165) is 42.6 Å². The first-order chi connectivity index (χ1) is 19.5. The molecular weight excluding hydrogens is 567 g/mol. The molecule has 3 aromatic rings. The maximum absolute atomic E-state index is 15.0. The van der Waals surface area contributed by atoms with E-state index in [2.05, 4.69) is 31.1 Å². The van der Waals surface area contributed by atoms with Crippen LogP contribution in [0.25, 0.3) is 0 Å². The quantitative estimate of drug-likeness (QED) is 0.283. The Labute approximate surface area is 237 Å². The van der Waals surface area contributed by atoms with E-state index in [9.17, 15) is 23.2 Å². The van der Waals surface area contributed by atoms with Crippen LogP contribution < -0.4 is 16.2 Å². The second-order valence-electron chi connectivity index (χ2n) is 10.9. The molecule has 0 aromatic carbocycles. The highest BCUT2D eigenvalue weighted by molar-refractivity contribution is 6.29. The lowest BCUT2D eigenvalue weighted by Gasteiger charge is -2.27. The third-order valence-electron chi connectivity index (χ3n) is 7.50. The molecule has 3 aromatic heterocycles. The number of carbonyl (C=O) groups excluding carboxylic acids is 2. The van der Waals surface area contributed by atoms with Crippen molar-refractivity contribution in [1.82, 2.24) is 30.5 Å². The fourth-order valence-corrected chi connectivity index (χ4v) is 5.45. The van der Waals surface area contributed by atoms with Gasteiger partial charge in [0.05, 0.1) is 17.9 Å². The average molecular weight is 596 g/mol. The Morgan fingerprint density at radius 1 is 1.22 bits per heavy atom. The van der Waals surface area contributed by atoms with Crippen molar-refractivity contribution in [2.24, 2.45) is 17.8 Å². The summed E-state index contributed by atoms with van der Waals surface area (Å²) in [5.41, 5.74) is -0.732. The number of hydrogen-bond donors (Lipinski definition) is 3. The summed E-state index contributed by atoms with van der Waals surface area (Å²) in [6.07, 6.45) is 2.16. The summed E-state index contributed by atoms with van der Waals surface area (Å²) in [5.74, 6) is -2.15. The van der Waals surface area contributed by atoms with Crippen LogP contribution in [-0.4, -0.2) is 49.4 Å². The number of hydrogen-bond acceptors (Lipinski definition) is 7. The second kappa shape index (κ2) is 11.7. The van der Waals surface area contributed by atoms with E-state index in [1.807, 2.05) is 13.8 Å². The normalized spacial score (nSPS) is 16.8. The molecule has 11 nitrogen and oxygen atoms in total. The third-order valence-corrected chi connectivity index (χ3v) is 7.69. The minimum atomic E-state index is -2.87. The molecule has 2 aliphatic rings. The highest BCUT2D eigenvalue weighted by Gasteiger charge is 2.48. The zero-order valence-electron chi connectivity index (χ0n) is 22.2. The molecule has 0 spiro atoms. The van der Waals surface area contributed by atoms with Crippen LogP contribution in [0.2, 0.25) is 5.15 Å². The number of carbonyl (C=O) groups is 2. The molecule has 5 rings (SSSR count). The van der Waals surface area contributed by atoms with Crippen molar-refractivity contribution >= 4 is 29.1 Å². The Bertz CT molecular complexity index is 1470. The van der Waals surface area contributed by atoms with Gasteiger partial charge in [-0.2, -0.15) is 9.49 Å². The van der Waals surface area contributed by atoms with Gasteiger partial charge in [0.1, 0.15) is 28.7 Å². The van der Waals surface area contributed by atoms with Crippen molar-refractivity contribution in [1.29, 1.82) is 0 Å². The number of amides is 2. The summed E-state index contributed by atoms with van der Waals surface area (Å²) in [5, 5.41) is 18.4. The van der Waals surface area contributed by atoms with Crippen molar-refractivity contribution < 1.29 is 27.3 Å². The first-order valence-corrected chi connectivity index (χ1v) is 13.7. The average Bonchev–Trinajstić information content (AvgIpc) is 3.84. The van der Waals surface area contributed by atoms with E-state index in [0.29, 0.717) is 5.69 Å². The highest BCUT2D eigenvalue weighted by atomic mass is 35.5. The number of aromatic nitrogens is 5. The van der Waals surface area contributed by atoms with E-state index in [1.165, 1.54) is 6.26 Å². The molecule has 15 heteroatoms. The summed E-state index contributed by atoms with van der Waals surface area (Å²) < 4.78 is 47.8. The van der Waals surface area contributed by atoms with Crippen LogP contribution in [0.5, 0.6) is 0 Å². The summed E-state index contributed by atoms with van der Waals surface area (Å²) in [6.45, 7) is 3.71. The third kappa shape index (κ3) is 6.47. The van der Waals surface area contributed by atoms with E-state index in [4.69, 9.17) is 16.1 Å². The number of nitrogens with zero attached hydrogens (tertiary/aromatic N) is 4. The monoisotopic (exact) mass is 595 g/mol. The molecule has 2 aliphatic carbocycles. The van der Waals surface area contributed by atoms with Crippen LogP contribution in [0.3, 0.4) is 0 Å². The molecule has 2 saturated carbocycles. The van der Waals surface area contributed by atoms with Crippen LogP contribution in [0.1, 0.15) is 79.5 Å². The predicted molar refractivity (Wildman–Crippen MR) is 140 cm³/mol.